The largest absolute Gasteiger partial charge is 0.491 e. The van der Waals surface area contributed by atoms with Crippen LogP contribution in [0.25, 0.3) is 44.2 Å². The highest BCUT2D eigenvalue weighted by molar-refractivity contribution is 6.30. The highest BCUT2D eigenvalue weighted by Crippen LogP contribution is 2.38. The van der Waals surface area contributed by atoms with Gasteiger partial charge in [0.15, 0.2) is 0 Å². The molecule has 60 heavy (non-hydrogen) atoms. The third-order valence-corrected chi connectivity index (χ3v) is 10.7. The molecule has 1 aliphatic heterocycles. The van der Waals surface area contributed by atoms with Gasteiger partial charge >= 0.3 is 0 Å². The lowest BCUT2D eigenvalue weighted by atomic mass is 9.87. The summed E-state index contributed by atoms with van der Waals surface area (Å²) in [7, 11) is 0. The number of ether oxygens (including phenoxy) is 3. The molecule has 4 N–H and O–H groups in total. The smallest absolute Gasteiger partial charge is 0.252 e. The van der Waals surface area contributed by atoms with E-state index in [0.717, 1.165) is 60.9 Å². The number of amides is 2. The van der Waals surface area contributed by atoms with Crippen molar-refractivity contribution in [2.24, 2.45) is 0 Å². The molecule has 306 valence electrons. The van der Waals surface area contributed by atoms with E-state index in [0.29, 0.717) is 73.2 Å². The number of nitrogens with zero attached hydrogens (tertiary/aromatic N) is 1. The van der Waals surface area contributed by atoms with Crippen LogP contribution in [0.4, 0.5) is 8.78 Å². The van der Waals surface area contributed by atoms with Crippen LogP contribution in [0.5, 0.6) is 5.75 Å². The number of hydrogen-bond donors (Lipinski definition) is 4. The maximum Gasteiger partial charge on any atom is 0.252 e. The molecule has 7 aromatic rings. The minimum absolute atomic E-state index is 0.106. The minimum atomic E-state index is -0.469. The Balaban J connectivity index is 0.782. The summed E-state index contributed by atoms with van der Waals surface area (Å²) in [6.45, 7) is 3.86. The number of carbonyl (C=O) groups is 2. The summed E-state index contributed by atoms with van der Waals surface area (Å²) in [5, 5.41) is 14.9. The van der Waals surface area contributed by atoms with Gasteiger partial charge in [0.25, 0.3) is 5.91 Å². The number of aromatic amines is 2. The van der Waals surface area contributed by atoms with E-state index in [1.165, 1.54) is 18.2 Å². The summed E-state index contributed by atoms with van der Waals surface area (Å²) in [5.74, 6) is -0.718. The average Bonchev–Trinajstić information content (AvgIpc) is 3.83. The molecule has 1 aliphatic rings. The number of aromatic nitrogens is 3. The van der Waals surface area contributed by atoms with Crippen molar-refractivity contribution >= 4 is 56.4 Å². The second-order valence-electron chi connectivity index (χ2n) is 14.4. The number of allylic oxidation sites excluding steroid dienone is 1. The van der Waals surface area contributed by atoms with Crippen molar-refractivity contribution in [2.45, 2.75) is 26.3 Å². The summed E-state index contributed by atoms with van der Waals surface area (Å²) < 4.78 is 46.6. The molecule has 3 heterocycles. The monoisotopic (exact) mass is 829 g/mol. The highest BCUT2D eigenvalue weighted by atomic mass is 35.5. The minimum Gasteiger partial charge on any atom is -0.491 e. The van der Waals surface area contributed by atoms with Gasteiger partial charge in [0, 0.05) is 45.7 Å². The fourth-order valence-electron chi connectivity index (χ4n) is 7.65. The lowest BCUT2D eigenvalue weighted by Gasteiger charge is -2.17. The van der Waals surface area contributed by atoms with Gasteiger partial charge in [-0.15, -0.1) is 0 Å². The molecule has 13 heteroatoms. The van der Waals surface area contributed by atoms with Crippen LogP contribution < -0.4 is 15.4 Å². The van der Waals surface area contributed by atoms with Crippen molar-refractivity contribution in [3.05, 3.63) is 153 Å². The predicted molar refractivity (Wildman–Crippen MR) is 229 cm³/mol. The average molecular weight is 830 g/mol. The molecule has 8 rings (SSSR count). The quantitative estimate of drug-likeness (QED) is 0.0569. The first-order chi connectivity index (χ1) is 29.2. The molecule has 2 amide bonds. The Kier molecular flexibility index (Phi) is 12.3. The van der Waals surface area contributed by atoms with E-state index in [9.17, 15) is 14.0 Å². The number of H-pyrrole nitrogens is 2. The van der Waals surface area contributed by atoms with Crippen LogP contribution >= 0.6 is 11.6 Å². The van der Waals surface area contributed by atoms with Gasteiger partial charge < -0.3 is 29.8 Å². The van der Waals surface area contributed by atoms with Crippen LogP contribution in [0.15, 0.2) is 103 Å². The first-order valence-corrected chi connectivity index (χ1v) is 20.1. The Morgan fingerprint density at radius 2 is 1.65 bits per heavy atom. The third-order valence-electron chi connectivity index (χ3n) is 10.5. The molecule has 5 aromatic carbocycles. The van der Waals surface area contributed by atoms with E-state index in [1.807, 2.05) is 73.7 Å². The third kappa shape index (κ3) is 8.96. The predicted octanol–water partition coefficient (Wildman–Crippen LogP) is 9.03. The molecular weight excluding hydrogens is 788 g/mol. The molecule has 0 bridgehead atoms. The maximum absolute atomic E-state index is 15.3. The van der Waals surface area contributed by atoms with Gasteiger partial charge in [0.1, 0.15) is 30.6 Å². The second-order valence-corrected chi connectivity index (χ2v) is 14.8. The van der Waals surface area contributed by atoms with E-state index in [1.54, 1.807) is 18.3 Å². The molecule has 0 atom stereocenters. The molecule has 0 fully saturated rings. The summed E-state index contributed by atoms with van der Waals surface area (Å²) in [5.41, 5.74) is 9.54. The van der Waals surface area contributed by atoms with Crippen molar-refractivity contribution < 1.29 is 32.6 Å². The number of halogens is 3. The van der Waals surface area contributed by atoms with Crippen molar-refractivity contribution in [1.82, 2.24) is 25.8 Å². The van der Waals surface area contributed by atoms with Crippen LogP contribution in [0.1, 0.15) is 51.5 Å². The van der Waals surface area contributed by atoms with Crippen LogP contribution in [0, 0.1) is 11.6 Å². The highest BCUT2D eigenvalue weighted by Gasteiger charge is 2.24. The topological polar surface area (TPSA) is 130 Å². The number of nitrogens with one attached hydrogen (secondary N) is 4. The zero-order valence-electron chi connectivity index (χ0n) is 32.8. The Bertz CT molecular complexity index is 2710. The number of hydrogen-bond acceptors (Lipinski definition) is 6. The van der Waals surface area contributed by atoms with E-state index < -0.39 is 5.82 Å². The Morgan fingerprint density at radius 3 is 2.45 bits per heavy atom. The van der Waals surface area contributed by atoms with Gasteiger partial charge in [-0.3, -0.25) is 14.7 Å². The van der Waals surface area contributed by atoms with E-state index >= 15 is 4.39 Å². The molecular formula is C47H42ClF2N5O5. The molecule has 2 aromatic heterocycles. The standard InChI is InChI=1S/C47H42ClF2N5O5/c1-2-36(37-13-10-33(48)22-40(37)50)44(31-9-14-41-32(21-31)26-53-55-41)29-7-11-35(12-8-29)60-20-19-58-17-18-59-27-43(56)52-25-28-3-5-30(6-4-28)46-38-15-16-51-47(57)39-23-34(49)24-42(54-46)45(38)39/h3-14,21-24,26,54H,2,15-20,25,27H2,1H3,(H,51,57)(H,52,56)(H,53,55)/b44-36+. The zero-order chi connectivity index (χ0) is 41.6. The summed E-state index contributed by atoms with van der Waals surface area (Å²) >= 11 is 6.09. The molecule has 0 aliphatic carbocycles. The van der Waals surface area contributed by atoms with Crippen LogP contribution in [-0.4, -0.2) is 66.6 Å². The van der Waals surface area contributed by atoms with Crippen molar-refractivity contribution in [1.29, 1.82) is 0 Å². The molecule has 0 saturated carbocycles. The fourth-order valence-corrected chi connectivity index (χ4v) is 7.81. The van der Waals surface area contributed by atoms with Crippen LogP contribution in [-0.2, 0) is 27.2 Å². The molecule has 0 saturated heterocycles. The van der Waals surface area contributed by atoms with Crippen molar-refractivity contribution in [2.75, 3.05) is 39.6 Å². The van der Waals surface area contributed by atoms with Crippen molar-refractivity contribution in [3.63, 3.8) is 0 Å². The van der Waals surface area contributed by atoms with Gasteiger partial charge in [-0.25, -0.2) is 8.78 Å². The van der Waals surface area contributed by atoms with E-state index in [4.69, 9.17) is 25.8 Å². The molecule has 10 nitrogen and oxygen atoms in total. The number of rotatable bonds is 16. The van der Waals surface area contributed by atoms with Gasteiger partial charge in [-0.2, -0.15) is 5.10 Å². The number of fused-ring (bicyclic) bond motifs is 1. The van der Waals surface area contributed by atoms with Crippen molar-refractivity contribution in [3.8, 4) is 17.0 Å². The normalized spacial score (nSPS) is 13.0. The number of carbonyl (C=O) groups excluding carboxylic acids is 2. The summed E-state index contributed by atoms with van der Waals surface area (Å²) in [4.78, 5) is 28.3. The summed E-state index contributed by atoms with van der Waals surface area (Å²) in [6.07, 6.45) is 2.97. The Labute approximate surface area is 349 Å². The molecule has 0 spiro atoms. The van der Waals surface area contributed by atoms with Gasteiger partial charge in [-0.05, 0) is 100 Å². The number of benzene rings is 5. The van der Waals surface area contributed by atoms with Crippen LogP contribution in [0.3, 0.4) is 0 Å². The Morgan fingerprint density at radius 1 is 0.867 bits per heavy atom. The zero-order valence-corrected chi connectivity index (χ0v) is 33.6. The fraction of sp³-hybridized carbons (Fsp3) is 0.213. The van der Waals surface area contributed by atoms with Crippen LogP contribution in [0.2, 0.25) is 5.02 Å². The molecule has 0 radical (unpaired) electrons. The van der Waals surface area contributed by atoms with Gasteiger partial charge in [0.2, 0.25) is 5.91 Å². The van der Waals surface area contributed by atoms with Gasteiger partial charge in [0.05, 0.1) is 37.1 Å². The Hall–Kier alpha value is -6.34. The first-order valence-electron chi connectivity index (χ1n) is 19.7. The van der Waals surface area contributed by atoms with Gasteiger partial charge in [-0.1, -0.05) is 67.1 Å². The summed E-state index contributed by atoms with van der Waals surface area (Å²) in [6, 6.07) is 28.9. The maximum atomic E-state index is 15.3. The lowest BCUT2D eigenvalue weighted by molar-refractivity contribution is -0.126. The first kappa shape index (κ1) is 40.4. The van der Waals surface area contributed by atoms with E-state index in [2.05, 4.69) is 25.8 Å². The SMILES string of the molecule is CC/C(=C(/c1ccc(OCCOCCOCC(=O)NCc2ccc(-c3[nH]c4cc(F)cc5c4c3CCNC5=O)cc2)cc1)c1ccc2[nH]ncc2c1)c1ccc(Cl)cc1F. The lowest BCUT2D eigenvalue weighted by Crippen LogP contribution is -2.27. The second kappa shape index (κ2) is 18.3. The molecule has 0 unspecified atom stereocenters. The van der Waals surface area contributed by atoms with E-state index in [-0.39, 0.29) is 30.8 Å².